The summed E-state index contributed by atoms with van der Waals surface area (Å²) >= 11 is 0. The molecule has 1 unspecified atom stereocenters. The van der Waals surface area contributed by atoms with Crippen molar-refractivity contribution in [3.8, 4) is 0 Å². The van der Waals surface area contributed by atoms with Gasteiger partial charge in [-0.2, -0.15) is 0 Å². The van der Waals surface area contributed by atoms with Gasteiger partial charge in [-0.05, 0) is 26.1 Å². The molecule has 0 heterocycles. The Morgan fingerprint density at radius 1 is 1.33 bits per heavy atom. The number of likely N-dealkylation sites (N-methyl/N-ethyl adjacent to an activating group) is 1. The lowest BCUT2D eigenvalue weighted by molar-refractivity contribution is -0.145. The molecular weight excluding hydrogens is 230 g/mol. The maximum absolute atomic E-state index is 11.5. The summed E-state index contributed by atoms with van der Waals surface area (Å²) in [5, 5.41) is 0. The molecule has 0 aromatic heterocycles. The first-order valence-electron chi connectivity index (χ1n) is 5.94. The maximum atomic E-state index is 11.5. The molecule has 0 aliphatic heterocycles. The van der Waals surface area contributed by atoms with Crippen molar-refractivity contribution in [2.45, 2.75) is 25.5 Å². The average Bonchev–Trinajstić information content (AvgIpc) is 2.38. The third kappa shape index (κ3) is 5.10. The van der Waals surface area contributed by atoms with Crippen molar-refractivity contribution in [3.63, 3.8) is 0 Å². The Kier molecular flexibility index (Phi) is 6.08. The Balaban J connectivity index is 2.28. The molecule has 1 aromatic carbocycles. The fraction of sp³-hybridized carbons (Fsp3) is 0.429. The van der Waals surface area contributed by atoms with Crippen LogP contribution < -0.4 is 0 Å². The molecule has 0 fully saturated rings. The topological polar surface area (TPSA) is 46.6 Å². The van der Waals surface area contributed by atoms with Gasteiger partial charge in [0.15, 0.2) is 0 Å². The van der Waals surface area contributed by atoms with Crippen LogP contribution in [-0.4, -0.2) is 37.3 Å². The summed E-state index contributed by atoms with van der Waals surface area (Å²) in [4.78, 5) is 24.0. The van der Waals surface area contributed by atoms with Crippen molar-refractivity contribution >= 4 is 12.3 Å². The molecular formula is C14H19NO3. The number of hydrogen-bond donors (Lipinski definition) is 0. The standard InChI is InChI=1S/C14H19NO3/c1-15(2)13(10-16)8-9-14(17)18-11-12-6-4-3-5-7-12/h3-7,10,13H,8-9,11H2,1-2H3. The van der Waals surface area contributed by atoms with Crippen molar-refractivity contribution in [3.05, 3.63) is 35.9 Å². The summed E-state index contributed by atoms with van der Waals surface area (Å²) < 4.78 is 5.13. The van der Waals surface area contributed by atoms with Crippen LogP contribution in [0.5, 0.6) is 0 Å². The number of aldehydes is 1. The smallest absolute Gasteiger partial charge is 0.306 e. The van der Waals surface area contributed by atoms with E-state index in [9.17, 15) is 9.59 Å². The first-order valence-corrected chi connectivity index (χ1v) is 5.94. The summed E-state index contributed by atoms with van der Waals surface area (Å²) in [7, 11) is 3.63. The van der Waals surface area contributed by atoms with Crippen LogP contribution in [0.4, 0.5) is 0 Å². The molecule has 98 valence electrons. The van der Waals surface area contributed by atoms with Crippen molar-refractivity contribution < 1.29 is 14.3 Å². The van der Waals surface area contributed by atoms with Crippen molar-refractivity contribution in [2.75, 3.05) is 14.1 Å². The maximum Gasteiger partial charge on any atom is 0.306 e. The third-order valence-electron chi connectivity index (χ3n) is 2.71. The van der Waals surface area contributed by atoms with E-state index >= 15 is 0 Å². The van der Waals surface area contributed by atoms with Crippen molar-refractivity contribution in [2.24, 2.45) is 0 Å². The van der Waals surface area contributed by atoms with Crippen LogP contribution in [0.2, 0.25) is 0 Å². The van der Waals surface area contributed by atoms with Crippen LogP contribution in [0.25, 0.3) is 0 Å². The summed E-state index contributed by atoms with van der Waals surface area (Å²) in [6.45, 7) is 0.285. The van der Waals surface area contributed by atoms with E-state index in [0.29, 0.717) is 6.42 Å². The highest BCUT2D eigenvalue weighted by Gasteiger charge is 2.12. The molecule has 0 amide bonds. The van der Waals surface area contributed by atoms with Crippen molar-refractivity contribution in [1.29, 1.82) is 0 Å². The third-order valence-corrected chi connectivity index (χ3v) is 2.71. The number of rotatable bonds is 7. The van der Waals surface area contributed by atoms with Gasteiger partial charge in [-0.3, -0.25) is 9.69 Å². The molecule has 0 spiro atoms. The Labute approximate surface area is 108 Å². The number of hydrogen-bond acceptors (Lipinski definition) is 4. The lowest BCUT2D eigenvalue weighted by Gasteiger charge is -2.17. The predicted octanol–water partition coefficient (Wildman–Crippen LogP) is 1.64. The minimum Gasteiger partial charge on any atom is -0.461 e. The average molecular weight is 249 g/mol. The van der Waals surface area contributed by atoms with Gasteiger partial charge in [0.1, 0.15) is 12.9 Å². The van der Waals surface area contributed by atoms with Gasteiger partial charge in [0.2, 0.25) is 0 Å². The number of esters is 1. The van der Waals surface area contributed by atoms with Gasteiger partial charge in [0, 0.05) is 6.42 Å². The van der Waals surface area contributed by atoms with Gasteiger partial charge in [-0.25, -0.2) is 0 Å². The van der Waals surface area contributed by atoms with E-state index in [4.69, 9.17) is 4.74 Å². The normalized spacial score (nSPS) is 12.2. The Morgan fingerprint density at radius 3 is 2.56 bits per heavy atom. The number of ether oxygens (including phenoxy) is 1. The molecule has 0 aliphatic rings. The second-order valence-corrected chi connectivity index (χ2v) is 4.35. The number of nitrogens with zero attached hydrogens (tertiary/aromatic N) is 1. The predicted molar refractivity (Wildman–Crippen MR) is 69.0 cm³/mol. The fourth-order valence-electron chi connectivity index (χ4n) is 1.52. The number of carbonyl (C=O) groups excluding carboxylic acids is 2. The van der Waals surface area contributed by atoms with E-state index in [1.807, 2.05) is 44.4 Å². The van der Waals surface area contributed by atoms with E-state index in [2.05, 4.69) is 0 Å². The lowest BCUT2D eigenvalue weighted by Crippen LogP contribution is -2.30. The second-order valence-electron chi connectivity index (χ2n) is 4.35. The first-order chi connectivity index (χ1) is 8.63. The summed E-state index contributed by atoms with van der Waals surface area (Å²) in [5.41, 5.74) is 0.963. The SMILES string of the molecule is CN(C)C(C=O)CCC(=O)OCc1ccccc1. The number of carbonyl (C=O) groups is 2. The molecule has 4 nitrogen and oxygen atoms in total. The van der Waals surface area contributed by atoms with Gasteiger partial charge in [-0.1, -0.05) is 30.3 Å². The summed E-state index contributed by atoms with van der Waals surface area (Å²) in [6.07, 6.45) is 1.60. The molecule has 1 atom stereocenters. The fourth-order valence-corrected chi connectivity index (χ4v) is 1.52. The van der Waals surface area contributed by atoms with Gasteiger partial charge in [0.05, 0.1) is 6.04 Å². The van der Waals surface area contributed by atoms with E-state index in [1.165, 1.54) is 0 Å². The van der Waals surface area contributed by atoms with Crippen LogP contribution in [0, 0.1) is 0 Å². The molecule has 0 saturated carbocycles. The van der Waals surface area contributed by atoms with Crippen LogP contribution in [0.15, 0.2) is 30.3 Å². The zero-order valence-corrected chi connectivity index (χ0v) is 10.8. The van der Waals surface area contributed by atoms with E-state index in [-0.39, 0.29) is 25.0 Å². The highest BCUT2D eigenvalue weighted by Crippen LogP contribution is 2.05. The Bertz CT molecular complexity index is 376. The van der Waals surface area contributed by atoms with Crippen LogP contribution in [0.3, 0.4) is 0 Å². The van der Waals surface area contributed by atoms with E-state index < -0.39 is 0 Å². The zero-order valence-electron chi connectivity index (χ0n) is 10.8. The molecule has 18 heavy (non-hydrogen) atoms. The highest BCUT2D eigenvalue weighted by molar-refractivity contribution is 5.70. The first kappa shape index (κ1) is 14.4. The van der Waals surface area contributed by atoms with Crippen molar-refractivity contribution in [1.82, 2.24) is 4.90 Å². The summed E-state index contributed by atoms with van der Waals surface area (Å²) in [6, 6.07) is 9.30. The zero-order chi connectivity index (χ0) is 13.4. The molecule has 0 aliphatic carbocycles. The van der Waals surface area contributed by atoms with E-state index in [0.717, 1.165) is 11.8 Å². The molecule has 0 N–H and O–H groups in total. The lowest BCUT2D eigenvalue weighted by atomic mass is 10.1. The number of benzene rings is 1. The van der Waals surface area contributed by atoms with Crippen LogP contribution >= 0.6 is 0 Å². The highest BCUT2D eigenvalue weighted by atomic mass is 16.5. The van der Waals surface area contributed by atoms with Gasteiger partial charge < -0.3 is 9.53 Å². The Hall–Kier alpha value is -1.68. The molecule has 4 heteroatoms. The Morgan fingerprint density at radius 2 is 2.00 bits per heavy atom. The minimum absolute atomic E-state index is 0.228. The molecule has 0 radical (unpaired) electrons. The molecule has 0 bridgehead atoms. The minimum atomic E-state index is -0.271. The van der Waals surface area contributed by atoms with Crippen LogP contribution in [0.1, 0.15) is 18.4 Å². The second kappa shape index (κ2) is 7.61. The summed E-state index contributed by atoms with van der Waals surface area (Å²) in [5.74, 6) is -0.271. The van der Waals surface area contributed by atoms with E-state index in [1.54, 1.807) is 4.90 Å². The molecule has 1 aromatic rings. The quantitative estimate of drug-likeness (QED) is 0.544. The molecule has 1 rings (SSSR count). The monoisotopic (exact) mass is 249 g/mol. The largest absolute Gasteiger partial charge is 0.461 e. The molecule has 0 saturated heterocycles. The van der Waals surface area contributed by atoms with Gasteiger partial charge >= 0.3 is 5.97 Å². The van der Waals surface area contributed by atoms with Crippen LogP contribution in [-0.2, 0) is 20.9 Å². The van der Waals surface area contributed by atoms with Gasteiger partial charge in [-0.15, -0.1) is 0 Å². The van der Waals surface area contributed by atoms with Gasteiger partial charge in [0.25, 0.3) is 0 Å².